The lowest BCUT2D eigenvalue weighted by Crippen LogP contribution is -2.15. The largest absolute Gasteiger partial charge is 0.385 e. The molecular weight excluding hydrogens is 158 g/mol. The molecule has 1 nitrogen and oxygen atoms in total. The molecule has 0 bridgehead atoms. The van der Waals surface area contributed by atoms with Crippen molar-refractivity contribution in [3.05, 3.63) is 22.4 Å². The Morgan fingerprint density at radius 3 is 2.23 bits per heavy atom. The second kappa shape index (κ2) is 4.50. The lowest BCUT2D eigenvalue weighted by molar-refractivity contribution is 0.729. The molecule has 0 aromatic rings. The van der Waals surface area contributed by atoms with Crippen LogP contribution in [0.25, 0.3) is 0 Å². The Balaban J connectivity index is 3.01. The first-order valence-corrected chi connectivity index (χ1v) is 5.21. The molecule has 0 unspecified atom stereocenters. The highest BCUT2D eigenvalue weighted by molar-refractivity contribution is 5.36. The number of hydrogen-bond donors (Lipinski definition) is 1. The number of rotatable bonds is 0. The van der Waals surface area contributed by atoms with E-state index in [9.17, 15) is 0 Å². The van der Waals surface area contributed by atoms with Gasteiger partial charge in [-0.05, 0) is 52.5 Å². The summed E-state index contributed by atoms with van der Waals surface area (Å²) in [5, 5.41) is 3.53. The van der Waals surface area contributed by atoms with Gasteiger partial charge >= 0.3 is 0 Å². The first-order chi connectivity index (χ1) is 6.13. The van der Waals surface area contributed by atoms with Crippen LogP contribution in [-0.4, -0.2) is 6.54 Å². The van der Waals surface area contributed by atoms with Crippen LogP contribution in [0.4, 0.5) is 0 Å². The predicted molar refractivity (Wildman–Crippen MR) is 58.6 cm³/mol. The zero-order chi connectivity index (χ0) is 9.84. The molecule has 1 aliphatic rings. The van der Waals surface area contributed by atoms with E-state index in [4.69, 9.17) is 0 Å². The average Bonchev–Trinajstić information content (AvgIpc) is 2.27. The van der Waals surface area contributed by atoms with Crippen LogP contribution in [0, 0.1) is 0 Å². The quantitative estimate of drug-likeness (QED) is 0.601. The molecule has 1 fully saturated rings. The van der Waals surface area contributed by atoms with Crippen LogP contribution < -0.4 is 5.32 Å². The van der Waals surface area contributed by atoms with Gasteiger partial charge in [0.15, 0.2) is 0 Å². The number of allylic oxidation sites excluding steroid dienone is 3. The van der Waals surface area contributed by atoms with Crippen molar-refractivity contribution in [2.24, 2.45) is 0 Å². The maximum atomic E-state index is 3.53. The zero-order valence-electron chi connectivity index (χ0n) is 9.33. The van der Waals surface area contributed by atoms with Gasteiger partial charge in [0, 0.05) is 12.2 Å². The lowest BCUT2D eigenvalue weighted by Gasteiger charge is -2.14. The normalized spacial score (nSPS) is 17.8. The van der Waals surface area contributed by atoms with E-state index < -0.39 is 0 Å². The Morgan fingerprint density at radius 1 is 1.00 bits per heavy atom. The van der Waals surface area contributed by atoms with Crippen LogP contribution in [-0.2, 0) is 0 Å². The standard InChI is InChI=1S/C12H21N/c1-9(2)11-7-5-6-8-13-12(11)10(3)4/h13H,5-8H2,1-4H3. The van der Waals surface area contributed by atoms with Gasteiger partial charge in [-0.25, -0.2) is 0 Å². The first-order valence-electron chi connectivity index (χ1n) is 5.21. The highest BCUT2D eigenvalue weighted by Crippen LogP contribution is 2.24. The van der Waals surface area contributed by atoms with Crippen molar-refractivity contribution in [1.82, 2.24) is 5.32 Å². The average molecular weight is 179 g/mol. The van der Waals surface area contributed by atoms with Gasteiger partial charge in [-0.3, -0.25) is 0 Å². The molecule has 1 heterocycles. The van der Waals surface area contributed by atoms with E-state index in [1.165, 1.54) is 41.7 Å². The highest BCUT2D eigenvalue weighted by atomic mass is 14.9. The van der Waals surface area contributed by atoms with Gasteiger partial charge < -0.3 is 5.32 Å². The maximum absolute atomic E-state index is 3.53. The van der Waals surface area contributed by atoms with E-state index in [-0.39, 0.29) is 0 Å². The van der Waals surface area contributed by atoms with Gasteiger partial charge in [0.1, 0.15) is 0 Å². The van der Waals surface area contributed by atoms with Crippen molar-refractivity contribution >= 4 is 0 Å². The Hall–Kier alpha value is -0.720. The lowest BCUT2D eigenvalue weighted by atomic mass is 10.00. The molecule has 13 heavy (non-hydrogen) atoms. The second-order valence-corrected chi connectivity index (χ2v) is 4.24. The highest BCUT2D eigenvalue weighted by Gasteiger charge is 2.11. The summed E-state index contributed by atoms with van der Waals surface area (Å²) in [6, 6.07) is 0. The van der Waals surface area contributed by atoms with Crippen LogP contribution in [0.3, 0.4) is 0 Å². The first kappa shape index (κ1) is 10.4. The summed E-state index contributed by atoms with van der Waals surface area (Å²) >= 11 is 0. The third-order valence-electron chi connectivity index (χ3n) is 2.56. The Bertz CT molecular complexity index is 212. The van der Waals surface area contributed by atoms with Crippen molar-refractivity contribution in [3.63, 3.8) is 0 Å². The van der Waals surface area contributed by atoms with Crippen LogP contribution >= 0.6 is 0 Å². The molecule has 1 saturated heterocycles. The van der Waals surface area contributed by atoms with Crippen molar-refractivity contribution < 1.29 is 0 Å². The molecule has 0 amide bonds. The Kier molecular flexibility index (Phi) is 3.58. The fourth-order valence-corrected chi connectivity index (χ4v) is 1.85. The Labute approximate surface area is 81.9 Å². The molecule has 0 spiro atoms. The van der Waals surface area contributed by atoms with Crippen LogP contribution in [0.2, 0.25) is 0 Å². The zero-order valence-corrected chi connectivity index (χ0v) is 9.33. The SMILES string of the molecule is CC(C)=C1CCCCNC1=C(C)C. The van der Waals surface area contributed by atoms with Crippen molar-refractivity contribution in [3.8, 4) is 0 Å². The molecule has 0 saturated carbocycles. The van der Waals surface area contributed by atoms with Crippen molar-refractivity contribution in [2.75, 3.05) is 6.54 Å². The molecule has 0 radical (unpaired) electrons. The summed E-state index contributed by atoms with van der Waals surface area (Å²) < 4.78 is 0. The molecule has 0 atom stereocenters. The fraction of sp³-hybridized carbons (Fsp3) is 0.667. The molecule has 1 N–H and O–H groups in total. The molecule has 1 aliphatic heterocycles. The number of nitrogens with one attached hydrogen (secondary N) is 1. The van der Waals surface area contributed by atoms with Gasteiger partial charge in [0.2, 0.25) is 0 Å². The minimum atomic E-state index is 1.14. The summed E-state index contributed by atoms with van der Waals surface area (Å²) in [5.41, 5.74) is 5.82. The van der Waals surface area contributed by atoms with Gasteiger partial charge in [-0.2, -0.15) is 0 Å². The van der Waals surface area contributed by atoms with Gasteiger partial charge in [0.25, 0.3) is 0 Å². The molecule has 1 rings (SSSR count). The molecule has 74 valence electrons. The van der Waals surface area contributed by atoms with E-state index in [2.05, 4.69) is 33.0 Å². The topological polar surface area (TPSA) is 12.0 Å². The minimum absolute atomic E-state index is 1.14. The molecule has 0 aromatic carbocycles. The van der Waals surface area contributed by atoms with E-state index in [0.717, 1.165) is 6.54 Å². The summed E-state index contributed by atoms with van der Waals surface area (Å²) in [6.07, 6.45) is 3.87. The summed E-state index contributed by atoms with van der Waals surface area (Å²) in [4.78, 5) is 0. The van der Waals surface area contributed by atoms with E-state index in [1.54, 1.807) is 0 Å². The summed E-state index contributed by atoms with van der Waals surface area (Å²) in [7, 11) is 0. The third-order valence-corrected chi connectivity index (χ3v) is 2.56. The van der Waals surface area contributed by atoms with Crippen LogP contribution in [0.5, 0.6) is 0 Å². The minimum Gasteiger partial charge on any atom is -0.385 e. The predicted octanol–water partition coefficient (Wildman–Crippen LogP) is 3.39. The number of hydrogen-bond acceptors (Lipinski definition) is 1. The van der Waals surface area contributed by atoms with E-state index >= 15 is 0 Å². The second-order valence-electron chi connectivity index (χ2n) is 4.24. The monoisotopic (exact) mass is 179 g/mol. The maximum Gasteiger partial charge on any atom is 0.0358 e. The van der Waals surface area contributed by atoms with E-state index in [0.29, 0.717) is 0 Å². The van der Waals surface area contributed by atoms with Gasteiger partial charge in [0.05, 0.1) is 0 Å². The molecular formula is C12H21N. The van der Waals surface area contributed by atoms with Crippen LogP contribution in [0.1, 0.15) is 47.0 Å². The molecule has 0 aromatic heterocycles. The molecule has 0 aliphatic carbocycles. The van der Waals surface area contributed by atoms with Gasteiger partial charge in [-0.15, -0.1) is 0 Å². The molecule has 1 heteroatoms. The summed E-state index contributed by atoms with van der Waals surface area (Å²) in [6.45, 7) is 9.95. The van der Waals surface area contributed by atoms with Crippen molar-refractivity contribution in [2.45, 2.75) is 47.0 Å². The summed E-state index contributed by atoms with van der Waals surface area (Å²) in [5.74, 6) is 0. The smallest absolute Gasteiger partial charge is 0.0358 e. The van der Waals surface area contributed by atoms with Crippen LogP contribution in [0.15, 0.2) is 22.4 Å². The van der Waals surface area contributed by atoms with Crippen molar-refractivity contribution in [1.29, 1.82) is 0 Å². The Morgan fingerprint density at radius 2 is 1.69 bits per heavy atom. The van der Waals surface area contributed by atoms with Gasteiger partial charge in [-0.1, -0.05) is 11.1 Å². The fourth-order valence-electron chi connectivity index (χ4n) is 1.85. The van der Waals surface area contributed by atoms with E-state index in [1.807, 2.05) is 0 Å². The third kappa shape index (κ3) is 2.61.